The number of amides is 1. The van der Waals surface area contributed by atoms with Crippen LogP contribution in [0.25, 0.3) is 6.08 Å². The van der Waals surface area contributed by atoms with Crippen molar-refractivity contribution in [2.24, 2.45) is 0 Å². The first-order chi connectivity index (χ1) is 9.57. The zero-order chi connectivity index (χ0) is 14.4. The Hall–Kier alpha value is -1.68. The van der Waals surface area contributed by atoms with E-state index in [9.17, 15) is 9.18 Å². The second kappa shape index (κ2) is 6.66. The molecule has 1 aromatic rings. The highest BCUT2D eigenvalue weighted by atomic mass is 19.1. The van der Waals surface area contributed by atoms with Crippen LogP contribution in [0.3, 0.4) is 0 Å². The van der Waals surface area contributed by atoms with Gasteiger partial charge in [-0.25, -0.2) is 4.39 Å². The summed E-state index contributed by atoms with van der Waals surface area (Å²) in [7, 11) is 0. The van der Waals surface area contributed by atoms with Crippen LogP contribution in [0.5, 0.6) is 0 Å². The zero-order valence-electron chi connectivity index (χ0n) is 11.7. The molecule has 0 aromatic heterocycles. The van der Waals surface area contributed by atoms with Crippen LogP contribution in [0.1, 0.15) is 31.7 Å². The minimum Gasteiger partial charge on any atom is -0.365 e. The molecule has 1 amide bonds. The summed E-state index contributed by atoms with van der Waals surface area (Å²) in [4.78, 5) is 11.6. The van der Waals surface area contributed by atoms with E-state index in [1.54, 1.807) is 12.1 Å². The Morgan fingerprint density at radius 3 is 2.70 bits per heavy atom. The normalized spacial score (nSPS) is 16.9. The van der Waals surface area contributed by atoms with Crippen LogP contribution in [-0.2, 0) is 9.53 Å². The Bertz CT molecular complexity index is 478. The van der Waals surface area contributed by atoms with Gasteiger partial charge in [0.2, 0.25) is 5.91 Å². The van der Waals surface area contributed by atoms with E-state index in [0.29, 0.717) is 6.54 Å². The highest BCUT2D eigenvalue weighted by Crippen LogP contribution is 2.34. The molecule has 0 radical (unpaired) electrons. The summed E-state index contributed by atoms with van der Waals surface area (Å²) >= 11 is 0. The van der Waals surface area contributed by atoms with E-state index in [0.717, 1.165) is 18.4 Å². The highest BCUT2D eigenvalue weighted by Gasteiger charge is 2.33. The van der Waals surface area contributed by atoms with Gasteiger partial charge >= 0.3 is 0 Å². The van der Waals surface area contributed by atoms with Crippen LogP contribution >= 0.6 is 0 Å². The lowest BCUT2D eigenvalue weighted by Crippen LogP contribution is -2.40. The molecule has 1 N–H and O–H groups in total. The van der Waals surface area contributed by atoms with Crippen LogP contribution in [0.4, 0.5) is 4.39 Å². The smallest absolute Gasteiger partial charge is 0.246 e. The standard InChI is InChI=1S/C16H20FNO2/c1-16(9-3-10-16)20-12-15(19)18-11-2-4-13-5-7-14(17)8-6-13/h2,4-8H,3,9-12H2,1H3,(H,18,19)/b4-2+. The third-order valence-electron chi connectivity index (χ3n) is 3.56. The van der Waals surface area contributed by atoms with Gasteiger partial charge in [-0.05, 0) is 43.9 Å². The number of ether oxygens (including phenoxy) is 1. The Morgan fingerprint density at radius 1 is 1.40 bits per heavy atom. The highest BCUT2D eigenvalue weighted by molar-refractivity contribution is 5.77. The maximum absolute atomic E-state index is 12.7. The van der Waals surface area contributed by atoms with E-state index in [1.807, 2.05) is 19.1 Å². The summed E-state index contributed by atoms with van der Waals surface area (Å²) in [6.45, 7) is 2.59. The van der Waals surface area contributed by atoms with Crippen LogP contribution < -0.4 is 5.32 Å². The molecule has 0 saturated heterocycles. The van der Waals surface area contributed by atoms with Crippen LogP contribution in [-0.4, -0.2) is 24.7 Å². The predicted molar refractivity (Wildman–Crippen MR) is 76.7 cm³/mol. The van der Waals surface area contributed by atoms with Crippen molar-refractivity contribution in [2.45, 2.75) is 31.8 Å². The van der Waals surface area contributed by atoms with Crippen LogP contribution in [0.15, 0.2) is 30.3 Å². The van der Waals surface area contributed by atoms with E-state index in [-0.39, 0.29) is 23.9 Å². The molecule has 3 nitrogen and oxygen atoms in total. The van der Waals surface area contributed by atoms with Crippen molar-refractivity contribution in [2.75, 3.05) is 13.2 Å². The summed E-state index contributed by atoms with van der Waals surface area (Å²) in [6.07, 6.45) is 6.91. The molecule has 108 valence electrons. The minimum atomic E-state index is -0.253. The molecule has 0 bridgehead atoms. The summed E-state index contributed by atoms with van der Waals surface area (Å²) in [5.74, 6) is -0.362. The molecule has 20 heavy (non-hydrogen) atoms. The van der Waals surface area contributed by atoms with Gasteiger partial charge in [-0.15, -0.1) is 0 Å². The second-order valence-corrected chi connectivity index (χ2v) is 5.35. The van der Waals surface area contributed by atoms with Crippen molar-refractivity contribution >= 4 is 12.0 Å². The first kappa shape index (κ1) is 14.7. The summed E-state index contributed by atoms with van der Waals surface area (Å²) in [5, 5.41) is 2.76. The lowest BCUT2D eigenvalue weighted by atomic mass is 9.82. The topological polar surface area (TPSA) is 38.3 Å². The third-order valence-corrected chi connectivity index (χ3v) is 3.56. The maximum Gasteiger partial charge on any atom is 0.246 e. The van der Waals surface area contributed by atoms with E-state index < -0.39 is 0 Å². The molecule has 0 heterocycles. The van der Waals surface area contributed by atoms with Gasteiger partial charge in [-0.1, -0.05) is 24.3 Å². The van der Waals surface area contributed by atoms with Gasteiger partial charge in [0.05, 0.1) is 5.60 Å². The van der Waals surface area contributed by atoms with Gasteiger partial charge in [0.15, 0.2) is 0 Å². The van der Waals surface area contributed by atoms with Crippen molar-refractivity contribution in [1.29, 1.82) is 0 Å². The van der Waals surface area contributed by atoms with E-state index in [4.69, 9.17) is 4.74 Å². The molecule has 0 atom stereocenters. The fraction of sp³-hybridized carbons (Fsp3) is 0.438. The average molecular weight is 277 g/mol. The van der Waals surface area contributed by atoms with Gasteiger partial charge in [0.1, 0.15) is 12.4 Å². The van der Waals surface area contributed by atoms with Crippen molar-refractivity contribution in [3.05, 3.63) is 41.7 Å². The molecule has 2 rings (SSSR count). The average Bonchev–Trinajstić information content (AvgIpc) is 2.41. The number of hydrogen-bond donors (Lipinski definition) is 1. The Balaban J connectivity index is 1.64. The molecule has 4 heteroatoms. The fourth-order valence-electron chi connectivity index (χ4n) is 2.05. The molecule has 0 unspecified atom stereocenters. The molecule has 0 aliphatic heterocycles. The molecule has 1 aliphatic carbocycles. The number of benzene rings is 1. The molecule has 1 aromatic carbocycles. The Kier molecular flexibility index (Phi) is 4.90. The van der Waals surface area contributed by atoms with Crippen molar-refractivity contribution in [3.63, 3.8) is 0 Å². The predicted octanol–water partition coefficient (Wildman–Crippen LogP) is 2.91. The van der Waals surface area contributed by atoms with Crippen molar-refractivity contribution < 1.29 is 13.9 Å². The molecule has 1 saturated carbocycles. The summed E-state index contributed by atoms with van der Waals surface area (Å²) in [6, 6.07) is 6.19. The summed E-state index contributed by atoms with van der Waals surface area (Å²) < 4.78 is 18.3. The van der Waals surface area contributed by atoms with Crippen molar-refractivity contribution in [1.82, 2.24) is 5.32 Å². The van der Waals surface area contributed by atoms with Gasteiger partial charge in [-0.2, -0.15) is 0 Å². The first-order valence-corrected chi connectivity index (χ1v) is 6.90. The van der Waals surface area contributed by atoms with E-state index in [1.165, 1.54) is 18.6 Å². The molecule has 0 spiro atoms. The van der Waals surface area contributed by atoms with Gasteiger partial charge in [0.25, 0.3) is 0 Å². The third kappa shape index (κ3) is 4.46. The molecular weight excluding hydrogens is 257 g/mol. The van der Waals surface area contributed by atoms with Gasteiger partial charge in [0, 0.05) is 6.54 Å². The molecular formula is C16H20FNO2. The van der Waals surface area contributed by atoms with Gasteiger partial charge in [-0.3, -0.25) is 4.79 Å². The number of nitrogens with one attached hydrogen (secondary N) is 1. The minimum absolute atomic E-state index is 0.0959. The number of carbonyl (C=O) groups excluding carboxylic acids is 1. The summed E-state index contributed by atoms with van der Waals surface area (Å²) in [5.41, 5.74) is 0.806. The lowest BCUT2D eigenvalue weighted by molar-refractivity contribution is -0.138. The monoisotopic (exact) mass is 277 g/mol. The number of carbonyl (C=O) groups is 1. The van der Waals surface area contributed by atoms with Gasteiger partial charge < -0.3 is 10.1 Å². The van der Waals surface area contributed by atoms with E-state index >= 15 is 0 Å². The molecule has 1 fully saturated rings. The fourth-order valence-corrected chi connectivity index (χ4v) is 2.05. The first-order valence-electron chi connectivity index (χ1n) is 6.90. The quantitative estimate of drug-likeness (QED) is 0.868. The van der Waals surface area contributed by atoms with Crippen LogP contribution in [0.2, 0.25) is 0 Å². The number of halogens is 1. The van der Waals surface area contributed by atoms with Crippen LogP contribution in [0, 0.1) is 5.82 Å². The number of rotatable bonds is 6. The lowest BCUT2D eigenvalue weighted by Gasteiger charge is -2.37. The SMILES string of the molecule is CC1(OCC(=O)NC/C=C/c2ccc(F)cc2)CCC1. The Labute approximate surface area is 118 Å². The second-order valence-electron chi connectivity index (χ2n) is 5.35. The largest absolute Gasteiger partial charge is 0.365 e. The number of hydrogen-bond acceptors (Lipinski definition) is 2. The molecule has 1 aliphatic rings. The zero-order valence-corrected chi connectivity index (χ0v) is 11.7. The van der Waals surface area contributed by atoms with Crippen molar-refractivity contribution in [3.8, 4) is 0 Å². The van der Waals surface area contributed by atoms with E-state index in [2.05, 4.69) is 5.32 Å². The Morgan fingerprint density at radius 2 is 2.10 bits per heavy atom. The maximum atomic E-state index is 12.7.